The molecule has 11 nitrogen and oxygen atoms in total. The number of carboxylic acids is 1. The lowest BCUT2D eigenvalue weighted by atomic mass is 9.86. The van der Waals surface area contributed by atoms with Crippen molar-refractivity contribution in [3.8, 4) is 11.6 Å². The Morgan fingerprint density at radius 2 is 1.78 bits per heavy atom. The molecule has 2 fully saturated rings. The molecule has 232 valence electrons. The Bertz CT molecular complexity index is 1910. The van der Waals surface area contributed by atoms with Crippen LogP contribution in [-0.4, -0.2) is 55.6 Å². The van der Waals surface area contributed by atoms with Crippen LogP contribution < -0.4 is 16.0 Å². The number of imidazole rings is 1. The zero-order valence-corrected chi connectivity index (χ0v) is 25.1. The number of aromatic nitrogens is 3. The van der Waals surface area contributed by atoms with E-state index in [-0.39, 0.29) is 17.5 Å². The van der Waals surface area contributed by atoms with Crippen LogP contribution in [0.5, 0.6) is 0 Å². The maximum absolute atomic E-state index is 13.9. The molecule has 2 amide bonds. The highest BCUT2D eigenvalue weighted by molar-refractivity contribution is 6.06. The van der Waals surface area contributed by atoms with Crippen LogP contribution >= 0.6 is 0 Å². The predicted molar refractivity (Wildman–Crippen MR) is 170 cm³/mol. The topological polar surface area (TPSA) is 143 Å². The van der Waals surface area contributed by atoms with Crippen LogP contribution in [0, 0.1) is 0 Å². The minimum Gasteiger partial charge on any atom is -0.477 e. The van der Waals surface area contributed by atoms with Crippen LogP contribution in [0.15, 0.2) is 65.3 Å². The van der Waals surface area contributed by atoms with E-state index in [1.807, 2.05) is 18.2 Å². The van der Waals surface area contributed by atoms with Crippen molar-refractivity contribution < 1.29 is 23.9 Å². The number of hydrogen-bond acceptors (Lipinski definition) is 6. The van der Waals surface area contributed by atoms with Crippen LogP contribution in [0.25, 0.3) is 33.5 Å². The molecule has 5 aromatic rings. The minimum atomic E-state index is -1.13. The van der Waals surface area contributed by atoms with Gasteiger partial charge in [0.2, 0.25) is 5.91 Å². The number of carboxylic acid groups (broad SMARTS) is 1. The number of anilines is 1. The van der Waals surface area contributed by atoms with Gasteiger partial charge >= 0.3 is 5.97 Å². The van der Waals surface area contributed by atoms with Crippen LogP contribution in [-0.2, 0) is 11.8 Å². The van der Waals surface area contributed by atoms with Gasteiger partial charge in [-0.3, -0.25) is 9.59 Å². The molecule has 2 aromatic carbocycles. The zero-order valence-electron chi connectivity index (χ0n) is 25.1. The molecular weight excluding hydrogens is 572 g/mol. The molecule has 0 unspecified atom stereocenters. The monoisotopic (exact) mass is 608 g/mol. The van der Waals surface area contributed by atoms with E-state index >= 15 is 0 Å². The van der Waals surface area contributed by atoms with Crippen molar-refractivity contribution in [3.63, 3.8) is 0 Å². The van der Waals surface area contributed by atoms with Crippen LogP contribution in [0.3, 0.4) is 0 Å². The lowest BCUT2D eigenvalue weighted by Gasteiger charge is -2.37. The van der Waals surface area contributed by atoms with E-state index < -0.39 is 11.5 Å². The summed E-state index contributed by atoms with van der Waals surface area (Å²) in [5, 5.41) is 19.5. The third-order valence-corrected chi connectivity index (χ3v) is 9.40. The molecule has 3 aromatic heterocycles. The Morgan fingerprint density at radius 3 is 2.51 bits per heavy atom. The molecule has 2 aliphatic rings. The third kappa shape index (κ3) is 5.27. The second kappa shape index (κ2) is 11.6. The fourth-order valence-corrected chi connectivity index (χ4v) is 6.96. The lowest BCUT2D eigenvalue weighted by Crippen LogP contribution is -2.61. The highest BCUT2D eigenvalue weighted by Crippen LogP contribution is 2.36. The predicted octanol–water partition coefficient (Wildman–Crippen LogP) is 5.48. The second-order valence-corrected chi connectivity index (χ2v) is 12.2. The molecule has 7 rings (SSSR count). The van der Waals surface area contributed by atoms with Gasteiger partial charge in [-0.1, -0.05) is 19.3 Å². The number of aryl methyl sites for hydroxylation is 1. The van der Waals surface area contributed by atoms with E-state index in [1.54, 1.807) is 54.3 Å². The number of nitrogens with zero attached hydrogens (tertiary/aromatic N) is 3. The third-order valence-electron chi connectivity index (χ3n) is 9.40. The molecule has 1 saturated heterocycles. The van der Waals surface area contributed by atoms with Gasteiger partial charge in [0.15, 0.2) is 11.6 Å². The Balaban J connectivity index is 1.17. The van der Waals surface area contributed by atoms with Gasteiger partial charge in [0.05, 0.1) is 17.3 Å². The number of rotatable bonds is 7. The summed E-state index contributed by atoms with van der Waals surface area (Å²) in [7, 11) is 1.69. The quantitative estimate of drug-likeness (QED) is 0.192. The van der Waals surface area contributed by atoms with Crippen LogP contribution in [0.4, 0.5) is 5.69 Å². The van der Waals surface area contributed by atoms with Crippen molar-refractivity contribution in [1.29, 1.82) is 0 Å². The van der Waals surface area contributed by atoms with Gasteiger partial charge in [-0.25, -0.2) is 9.78 Å². The maximum Gasteiger partial charge on any atom is 0.352 e. The van der Waals surface area contributed by atoms with Crippen molar-refractivity contribution in [1.82, 2.24) is 24.8 Å². The number of fused-ring (bicyclic) bond motifs is 2. The van der Waals surface area contributed by atoms with Gasteiger partial charge in [-0.2, -0.15) is 0 Å². The molecule has 4 N–H and O–H groups in total. The molecule has 1 saturated carbocycles. The summed E-state index contributed by atoms with van der Waals surface area (Å²) < 4.78 is 9.61. The Kier molecular flexibility index (Phi) is 7.40. The summed E-state index contributed by atoms with van der Waals surface area (Å²) in [6, 6.07) is 16.5. The summed E-state index contributed by atoms with van der Waals surface area (Å²) in [5.41, 5.74) is 2.40. The van der Waals surface area contributed by atoms with Gasteiger partial charge < -0.3 is 34.6 Å². The average Bonchev–Trinajstić information content (AvgIpc) is 3.79. The van der Waals surface area contributed by atoms with E-state index in [1.165, 1.54) is 19.3 Å². The van der Waals surface area contributed by atoms with E-state index in [0.29, 0.717) is 59.9 Å². The summed E-state index contributed by atoms with van der Waals surface area (Å²) in [4.78, 5) is 44.2. The largest absolute Gasteiger partial charge is 0.477 e. The number of amides is 2. The summed E-state index contributed by atoms with van der Waals surface area (Å²) >= 11 is 0. The Hall–Kier alpha value is -4.90. The maximum atomic E-state index is 13.9. The summed E-state index contributed by atoms with van der Waals surface area (Å²) in [5.74, 6) is -0.216. The van der Waals surface area contributed by atoms with Crippen molar-refractivity contribution in [2.45, 2.75) is 56.5 Å². The normalized spacial score (nSPS) is 17.0. The fraction of sp³-hybridized carbons (Fsp3) is 0.353. The van der Waals surface area contributed by atoms with Gasteiger partial charge in [0, 0.05) is 35.2 Å². The van der Waals surface area contributed by atoms with Crippen molar-refractivity contribution in [2.24, 2.45) is 7.05 Å². The first-order valence-corrected chi connectivity index (χ1v) is 15.6. The fourth-order valence-electron chi connectivity index (χ4n) is 6.96. The number of carbonyl (C=O) groups excluding carboxylic acids is 2. The average molecular weight is 609 g/mol. The molecule has 0 bridgehead atoms. The smallest absolute Gasteiger partial charge is 0.352 e. The van der Waals surface area contributed by atoms with Crippen molar-refractivity contribution >= 4 is 45.4 Å². The van der Waals surface area contributed by atoms with Crippen LogP contribution in [0.2, 0.25) is 0 Å². The number of carbonyl (C=O) groups is 3. The molecule has 1 aliphatic carbocycles. The van der Waals surface area contributed by atoms with E-state index in [4.69, 9.17) is 9.40 Å². The second-order valence-electron chi connectivity index (χ2n) is 12.2. The number of furan rings is 1. The molecule has 0 radical (unpaired) electrons. The van der Waals surface area contributed by atoms with Crippen LogP contribution in [0.1, 0.15) is 71.8 Å². The molecule has 0 spiro atoms. The first-order valence-electron chi connectivity index (χ1n) is 15.6. The molecule has 11 heteroatoms. The zero-order chi connectivity index (χ0) is 31.1. The minimum absolute atomic E-state index is 0.160. The first-order chi connectivity index (χ1) is 21.8. The molecule has 0 atom stereocenters. The molecular formula is C34H36N6O5. The SMILES string of the molecule is Cn1c(C(=O)O)cc2cc(NC(=O)C3(NC(=O)c4ccc5c(c4)nc(-c4ccco4)n5C4CCCCC4)CCNCC3)ccc21. The molecule has 45 heavy (non-hydrogen) atoms. The highest BCUT2D eigenvalue weighted by atomic mass is 16.4. The number of nitrogens with one attached hydrogen (secondary N) is 3. The van der Waals surface area contributed by atoms with E-state index in [9.17, 15) is 19.5 Å². The Morgan fingerprint density at radius 1 is 1.00 bits per heavy atom. The number of aromatic carboxylic acids is 1. The van der Waals surface area contributed by atoms with Crippen molar-refractivity contribution in [3.05, 3.63) is 72.1 Å². The lowest BCUT2D eigenvalue weighted by molar-refractivity contribution is -0.123. The van der Waals surface area contributed by atoms with Gasteiger partial charge in [-0.15, -0.1) is 0 Å². The number of benzene rings is 2. The van der Waals surface area contributed by atoms with Crippen molar-refractivity contribution in [2.75, 3.05) is 18.4 Å². The standard InChI is InChI=1S/C34H36N6O5/c1-39-26-12-10-23(18-22(26)20-28(39)32(42)43)36-33(44)34(13-15-35-16-14-34)38-31(41)21-9-11-27-25(19-21)37-30(29-8-5-17-45-29)40(27)24-6-3-2-4-7-24/h5,8-12,17-20,24,35H,2-4,6-7,13-16H2,1H3,(H,36,44)(H,38,41)(H,42,43). The van der Waals surface area contributed by atoms with E-state index in [2.05, 4.69) is 20.5 Å². The molecule has 1 aliphatic heterocycles. The number of piperidine rings is 1. The first kappa shape index (κ1) is 28.8. The van der Waals surface area contributed by atoms with Gasteiger partial charge in [-0.05, 0) is 93.4 Å². The summed E-state index contributed by atoms with van der Waals surface area (Å²) in [6.45, 7) is 1.15. The van der Waals surface area contributed by atoms with Gasteiger partial charge in [0.25, 0.3) is 5.91 Å². The molecule has 4 heterocycles. The Labute approximate surface area is 259 Å². The van der Waals surface area contributed by atoms with Gasteiger partial charge in [0.1, 0.15) is 11.2 Å². The summed E-state index contributed by atoms with van der Waals surface area (Å²) in [6.07, 6.45) is 8.21. The highest BCUT2D eigenvalue weighted by Gasteiger charge is 2.41. The number of hydrogen-bond donors (Lipinski definition) is 4. The van der Waals surface area contributed by atoms with E-state index in [0.717, 1.165) is 29.7 Å².